The summed E-state index contributed by atoms with van der Waals surface area (Å²) >= 11 is 0. The Balaban J connectivity index is 1.92. The molecule has 2 aromatic heterocycles. The van der Waals surface area contributed by atoms with Gasteiger partial charge in [-0.05, 0) is 32.9 Å². The van der Waals surface area contributed by atoms with Crippen molar-refractivity contribution >= 4 is 15.7 Å². The van der Waals surface area contributed by atoms with Crippen molar-refractivity contribution in [1.82, 2.24) is 19.6 Å². The molecule has 3 rings (SSSR count). The van der Waals surface area contributed by atoms with Crippen molar-refractivity contribution in [1.29, 1.82) is 0 Å². The Labute approximate surface area is 141 Å². The molecule has 0 radical (unpaired) electrons. The number of nitrogens with zero attached hydrogens (tertiary/aromatic N) is 4. The van der Waals surface area contributed by atoms with Crippen LogP contribution in [-0.2, 0) is 17.1 Å². The Morgan fingerprint density at radius 1 is 1.08 bits per heavy atom. The Bertz CT molecular complexity index is 984. The van der Waals surface area contributed by atoms with Gasteiger partial charge in [-0.25, -0.2) is 13.1 Å². The van der Waals surface area contributed by atoms with Gasteiger partial charge in [0.05, 0.1) is 35.2 Å². The van der Waals surface area contributed by atoms with Crippen LogP contribution >= 0.6 is 0 Å². The number of benzene rings is 1. The zero-order chi connectivity index (χ0) is 17.5. The second-order valence-corrected chi connectivity index (χ2v) is 7.41. The monoisotopic (exact) mass is 345 g/mol. The maximum absolute atomic E-state index is 12.6. The van der Waals surface area contributed by atoms with Crippen LogP contribution < -0.4 is 4.72 Å². The van der Waals surface area contributed by atoms with Gasteiger partial charge in [-0.1, -0.05) is 17.7 Å². The highest BCUT2D eigenvalue weighted by atomic mass is 32.2. The third-order valence-corrected chi connectivity index (χ3v) is 5.22. The Morgan fingerprint density at radius 2 is 1.75 bits per heavy atom. The van der Waals surface area contributed by atoms with Crippen LogP contribution in [0.2, 0.25) is 0 Å². The molecular weight excluding hydrogens is 326 g/mol. The minimum Gasteiger partial charge on any atom is -0.276 e. The summed E-state index contributed by atoms with van der Waals surface area (Å²) < 4.78 is 31.0. The minimum atomic E-state index is -3.73. The number of aromatic nitrogens is 4. The summed E-state index contributed by atoms with van der Waals surface area (Å²) in [5, 5.41) is 8.37. The lowest BCUT2D eigenvalue weighted by Crippen LogP contribution is -2.13. The van der Waals surface area contributed by atoms with Gasteiger partial charge < -0.3 is 0 Å². The summed E-state index contributed by atoms with van der Waals surface area (Å²) in [5.41, 5.74) is 3.81. The van der Waals surface area contributed by atoms with Gasteiger partial charge in [0.15, 0.2) is 0 Å². The molecule has 0 fully saturated rings. The van der Waals surface area contributed by atoms with E-state index < -0.39 is 10.0 Å². The summed E-state index contributed by atoms with van der Waals surface area (Å²) in [6.07, 6.45) is 2.83. The molecule has 8 heteroatoms. The molecule has 126 valence electrons. The van der Waals surface area contributed by atoms with Gasteiger partial charge >= 0.3 is 0 Å². The van der Waals surface area contributed by atoms with Crippen LogP contribution in [0, 0.1) is 20.8 Å². The second-order valence-electron chi connectivity index (χ2n) is 5.73. The van der Waals surface area contributed by atoms with Crippen LogP contribution in [-0.4, -0.2) is 28.0 Å². The summed E-state index contributed by atoms with van der Waals surface area (Å²) in [6, 6.07) is 7.68. The molecule has 0 saturated carbocycles. The van der Waals surface area contributed by atoms with Crippen molar-refractivity contribution in [2.45, 2.75) is 25.7 Å². The van der Waals surface area contributed by atoms with Crippen LogP contribution in [0.25, 0.3) is 5.69 Å². The molecule has 7 nitrogen and oxygen atoms in total. The average Bonchev–Trinajstić information content (AvgIpc) is 3.10. The zero-order valence-corrected chi connectivity index (χ0v) is 14.8. The van der Waals surface area contributed by atoms with Gasteiger partial charge in [-0.2, -0.15) is 10.2 Å². The number of hydrogen-bond acceptors (Lipinski definition) is 4. The fourth-order valence-corrected chi connectivity index (χ4v) is 3.50. The van der Waals surface area contributed by atoms with E-state index in [4.69, 9.17) is 0 Å². The predicted molar refractivity (Wildman–Crippen MR) is 91.8 cm³/mol. The van der Waals surface area contributed by atoms with E-state index in [1.165, 1.54) is 17.1 Å². The first-order valence-corrected chi connectivity index (χ1v) is 8.91. The van der Waals surface area contributed by atoms with Crippen LogP contribution in [0.5, 0.6) is 0 Å². The fraction of sp³-hybridized carbons (Fsp3) is 0.250. The highest BCUT2D eigenvalue weighted by molar-refractivity contribution is 7.92. The molecular formula is C16H19N5O2S. The summed E-state index contributed by atoms with van der Waals surface area (Å²) in [5.74, 6) is 0. The number of rotatable bonds is 4. The predicted octanol–water partition coefficient (Wildman–Crippen LogP) is 2.33. The number of aryl methyl sites for hydroxylation is 3. The number of nitrogens with one attached hydrogen (secondary N) is 1. The van der Waals surface area contributed by atoms with Crippen LogP contribution in [0.4, 0.5) is 5.69 Å². The van der Waals surface area contributed by atoms with E-state index >= 15 is 0 Å². The Kier molecular flexibility index (Phi) is 3.92. The van der Waals surface area contributed by atoms with Gasteiger partial charge in [0.1, 0.15) is 4.90 Å². The lowest BCUT2D eigenvalue weighted by molar-refractivity contribution is 0.601. The topological polar surface area (TPSA) is 81.8 Å². The van der Waals surface area contributed by atoms with Crippen LogP contribution in [0.15, 0.2) is 41.6 Å². The van der Waals surface area contributed by atoms with E-state index in [-0.39, 0.29) is 4.90 Å². The van der Waals surface area contributed by atoms with Crippen molar-refractivity contribution < 1.29 is 8.42 Å². The zero-order valence-electron chi connectivity index (χ0n) is 14.0. The third-order valence-electron chi connectivity index (χ3n) is 3.91. The van der Waals surface area contributed by atoms with Crippen LogP contribution in [0.3, 0.4) is 0 Å². The largest absolute Gasteiger partial charge is 0.276 e. The van der Waals surface area contributed by atoms with Crippen LogP contribution in [0.1, 0.15) is 17.0 Å². The second kappa shape index (κ2) is 5.79. The van der Waals surface area contributed by atoms with Crippen molar-refractivity contribution in [3.8, 4) is 5.69 Å². The molecule has 0 saturated heterocycles. The lowest BCUT2D eigenvalue weighted by atomic mass is 10.2. The van der Waals surface area contributed by atoms with Gasteiger partial charge in [0, 0.05) is 7.05 Å². The molecule has 0 amide bonds. The minimum absolute atomic E-state index is 0.103. The van der Waals surface area contributed by atoms with E-state index in [0.29, 0.717) is 11.4 Å². The first-order chi connectivity index (χ1) is 11.3. The van der Waals surface area contributed by atoms with Gasteiger partial charge in [-0.15, -0.1) is 0 Å². The molecule has 0 aliphatic rings. The Hall–Kier alpha value is -2.61. The number of sulfonamides is 1. The summed E-state index contributed by atoms with van der Waals surface area (Å²) in [7, 11) is -1.95. The molecule has 0 aliphatic carbocycles. The highest BCUT2D eigenvalue weighted by Gasteiger charge is 2.21. The highest BCUT2D eigenvalue weighted by Crippen LogP contribution is 2.23. The van der Waals surface area contributed by atoms with E-state index in [2.05, 4.69) is 14.9 Å². The molecule has 3 aromatic rings. The smallest absolute Gasteiger partial charge is 0.265 e. The SMILES string of the molecule is Cc1ccc(-n2cc(S(=O)(=O)Nc3c(C)nn(C)c3C)cn2)cc1. The molecule has 2 heterocycles. The molecule has 0 spiro atoms. The standard InChI is InChI=1S/C16H19N5O2S/c1-11-5-7-14(8-6-11)21-10-15(9-17-21)24(22,23)19-16-12(2)18-20(4)13(16)3/h5-10,19H,1-4H3. The molecule has 0 bridgehead atoms. The summed E-state index contributed by atoms with van der Waals surface area (Å²) in [4.78, 5) is 0.103. The maximum Gasteiger partial charge on any atom is 0.265 e. The van der Waals surface area contributed by atoms with Crippen molar-refractivity contribution in [3.05, 3.63) is 53.6 Å². The number of anilines is 1. The van der Waals surface area contributed by atoms with Gasteiger partial charge in [-0.3, -0.25) is 9.40 Å². The van der Waals surface area contributed by atoms with E-state index in [0.717, 1.165) is 16.9 Å². The molecule has 0 aliphatic heterocycles. The van der Waals surface area contributed by atoms with E-state index in [1.54, 1.807) is 18.7 Å². The lowest BCUT2D eigenvalue weighted by Gasteiger charge is -2.06. The maximum atomic E-state index is 12.6. The summed E-state index contributed by atoms with van der Waals surface area (Å²) in [6.45, 7) is 5.57. The van der Waals surface area contributed by atoms with Crippen molar-refractivity contribution in [2.75, 3.05) is 4.72 Å². The van der Waals surface area contributed by atoms with E-state index in [9.17, 15) is 8.42 Å². The van der Waals surface area contributed by atoms with Crippen molar-refractivity contribution in [3.63, 3.8) is 0 Å². The number of hydrogen-bond donors (Lipinski definition) is 1. The van der Waals surface area contributed by atoms with Gasteiger partial charge in [0.2, 0.25) is 0 Å². The molecule has 24 heavy (non-hydrogen) atoms. The molecule has 1 N–H and O–H groups in total. The fourth-order valence-electron chi connectivity index (χ4n) is 2.40. The molecule has 0 unspecified atom stereocenters. The average molecular weight is 345 g/mol. The first-order valence-electron chi connectivity index (χ1n) is 7.42. The van der Waals surface area contributed by atoms with Crippen molar-refractivity contribution in [2.24, 2.45) is 7.05 Å². The first kappa shape index (κ1) is 16.3. The quantitative estimate of drug-likeness (QED) is 0.787. The normalized spacial score (nSPS) is 11.7. The molecule has 0 atom stereocenters. The Morgan fingerprint density at radius 3 is 2.33 bits per heavy atom. The van der Waals surface area contributed by atoms with E-state index in [1.807, 2.05) is 38.1 Å². The van der Waals surface area contributed by atoms with Gasteiger partial charge in [0.25, 0.3) is 10.0 Å². The third kappa shape index (κ3) is 2.92. The molecule has 1 aromatic carbocycles.